The molecule has 1 amide bonds. The van der Waals surface area contributed by atoms with Crippen LogP contribution >= 0.6 is 0 Å². The third kappa shape index (κ3) is 5.70. The van der Waals surface area contributed by atoms with Gasteiger partial charge in [0.05, 0.1) is 23.1 Å². The molecule has 2 N–H and O–H groups in total. The molecule has 1 fully saturated rings. The maximum absolute atomic E-state index is 11.7. The van der Waals surface area contributed by atoms with E-state index in [2.05, 4.69) is 36.0 Å². The maximum atomic E-state index is 11.7. The van der Waals surface area contributed by atoms with Crippen molar-refractivity contribution < 1.29 is 14.3 Å². The van der Waals surface area contributed by atoms with Crippen LogP contribution in [0.15, 0.2) is 61.1 Å². The molecule has 0 bridgehead atoms. The fourth-order valence-electron chi connectivity index (χ4n) is 4.49. The molecule has 4 aromatic rings. The van der Waals surface area contributed by atoms with Crippen LogP contribution in [0.2, 0.25) is 0 Å². The molecule has 182 valence electrons. The van der Waals surface area contributed by atoms with Crippen molar-refractivity contribution >= 4 is 16.9 Å². The monoisotopic (exact) mass is 474 g/mol. The van der Waals surface area contributed by atoms with Crippen LogP contribution in [0.25, 0.3) is 22.3 Å². The lowest BCUT2D eigenvalue weighted by Crippen LogP contribution is -2.46. The van der Waals surface area contributed by atoms with E-state index in [4.69, 9.17) is 9.47 Å². The topological polar surface area (TPSA) is 97.3 Å². The summed E-state index contributed by atoms with van der Waals surface area (Å²) in [6.07, 6.45) is 5.56. The number of carbonyl (C=O) groups excluding carboxylic acids is 1. The number of benzene rings is 2. The Balaban J connectivity index is 1.14. The number of aromatic amines is 1. The maximum Gasteiger partial charge on any atom is 0.246 e. The molecule has 9 heteroatoms. The molecule has 1 aliphatic heterocycles. The number of likely N-dealkylation sites (tertiary alicyclic amines) is 1. The standard InChI is InChI=1S/C26H30N6O3/c1-34-17-26(33)29-20-9-12-31(13-10-20)14-15-32-18-27-24-16-22(6-7-25(24)32)35-21-4-2-19(3-5-21)23-8-11-28-30-23/h2-8,11,16,18,20H,9-10,12-15,17H2,1H3,(H,28,30)(H,29,33). The third-order valence-corrected chi connectivity index (χ3v) is 6.38. The van der Waals surface area contributed by atoms with Crippen LogP contribution in [0.3, 0.4) is 0 Å². The van der Waals surface area contributed by atoms with Gasteiger partial charge in [0.1, 0.15) is 18.1 Å². The summed E-state index contributed by atoms with van der Waals surface area (Å²) in [5.74, 6) is 1.49. The smallest absolute Gasteiger partial charge is 0.246 e. The van der Waals surface area contributed by atoms with E-state index in [1.165, 1.54) is 7.11 Å². The number of nitrogens with one attached hydrogen (secondary N) is 2. The van der Waals surface area contributed by atoms with E-state index in [1.807, 2.05) is 48.8 Å². The van der Waals surface area contributed by atoms with Crippen molar-refractivity contribution in [3.63, 3.8) is 0 Å². The second-order valence-corrected chi connectivity index (χ2v) is 8.80. The summed E-state index contributed by atoms with van der Waals surface area (Å²) >= 11 is 0. The molecule has 5 rings (SSSR count). The molecule has 0 atom stereocenters. The van der Waals surface area contributed by atoms with Gasteiger partial charge in [-0.2, -0.15) is 5.10 Å². The van der Waals surface area contributed by atoms with Crippen LogP contribution in [-0.4, -0.2) is 69.9 Å². The predicted molar refractivity (Wildman–Crippen MR) is 133 cm³/mol. The van der Waals surface area contributed by atoms with Gasteiger partial charge < -0.3 is 24.3 Å². The number of imidazole rings is 1. The molecule has 9 nitrogen and oxygen atoms in total. The van der Waals surface area contributed by atoms with Crippen molar-refractivity contribution in [1.29, 1.82) is 0 Å². The average Bonchev–Trinajstić information content (AvgIpc) is 3.55. The van der Waals surface area contributed by atoms with Gasteiger partial charge in [-0.25, -0.2) is 4.98 Å². The molecule has 0 unspecified atom stereocenters. The Morgan fingerprint density at radius 2 is 1.89 bits per heavy atom. The fraction of sp³-hybridized carbons (Fsp3) is 0.346. The number of ether oxygens (including phenoxy) is 2. The largest absolute Gasteiger partial charge is 0.457 e. The highest BCUT2D eigenvalue weighted by atomic mass is 16.5. The van der Waals surface area contributed by atoms with E-state index in [0.29, 0.717) is 0 Å². The van der Waals surface area contributed by atoms with Crippen LogP contribution in [0.4, 0.5) is 0 Å². The molecule has 0 aliphatic carbocycles. The molecular formula is C26H30N6O3. The number of fused-ring (bicyclic) bond motifs is 1. The molecule has 0 saturated carbocycles. The SMILES string of the molecule is COCC(=O)NC1CCN(CCn2cnc3cc(Oc4ccc(-c5ccn[nH]5)cc4)ccc32)CC1. The molecule has 3 heterocycles. The Morgan fingerprint density at radius 1 is 1.09 bits per heavy atom. The predicted octanol–water partition coefficient (Wildman–Crippen LogP) is 3.45. The minimum absolute atomic E-state index is 0.0367. The second-order valence-electron chi connectivity index (χ2n) is 8.80. The van der Waals surface area contributed by atoms with E-state index < -0.39 is 0 Å². The quantitative estimate of drug-likeness (QED) is 0.386. The first-order chi connectivity index (χ1) is 17.2. The molecule has 2 aromatic heterocycles. The van der Waals surface area contributed by atoms with Crippen molar-refractivity contribution in [3.8, 4) is 22.8 Å². The lowest BCUT2D eigenvalue weighted by molar-refractivity contribution is -0.125. The first kappa shape index (κ1) is 23.1. The fourth-order valence-corrected chi connectivity index (χ4v) is 4.49. The summed E-state index contributed by atoms with van der Waals surface area (Å²) in [5.41, 5.74) is 4.04. The van der Waals surface area contributed by atoms with Crippen LogP contribution in [-0.2, 0) is 16.1 Å². The van der Waals surface area contributed by atoms with Gasteiger partial charge in [-0.3, -0.25) is 9.89 Å². The van der Waals surface area contributed by atoms with E-state index in [-0.39, 0.29) is 18.6 Å². The van der Waals surface area contributed by atoms with Crippen LogP contribution in [0.1, 0.15) is 12.8 Å². The zero-order chi connectivity index (χ0) is 24.0. The number of hydrogen-bond acceptors (Lipinski definition) is 6. The van der Waals surface area contributed by atoms with Crippen molar-refractivity contribution in [3.05, 3.63) is 61.1 Å². The summed E-state index contributed by atoms with van der Waals surface area (Å²) < 4.78 is 13.1. The molecule has 1 saturated heterocycles. The summed E-state index contributed by atoms with van der Waals surface area (Å²) in [5, 5.41) is 10.0. The zero-order valence-corrected chi connectivity index (χ0v) is 19.8. The minimum atomic E-state index is -0.0367. The Morgan fingerprint density at radius 3 is 2.63 bits per heavy atom. The normalized spacial score (nSPS) is 14.9. The number of rotatable bonds is 9. The van der Waals surface area contributed by atoms with Gasteiger partial charge in [0.2, 0.25) is 5.91 Å². The molecule has 0 radical (unpaired) electrons. The van der Waals surface area contributed by atoms with Gasteiger partial charge in [0, 0.05) is 51.6 Å². The van der Waals surface area contributed by atoms with E-state index >= 15 is 0 Å². The molecule has 0 spiro atoms. The molecular weight excluding hydrogens is 444 g/mol. The van der Waals surface area contributed by atoms with Crippen molar-refractivity contribution in [2.45, 2.75) is 25.4 Å². The third-order valence-electron chi connectivity index (χ3n) is 6.38. The van der Waals surface area contributed by atoms with E-state index in [9.17, 15) is 4.79 Å². The Kier molecular flexibility index (Phi) is 7.06. The number of methoxy groups -OCH3 is 1. The Labute approximate surface area is 204 Å². The first-order valence-corrected chi connectivity index (χ1v) is 11.9. The summed E-state index contributed by atoms with van der Waals surface area (Å²) in [4.78, 5) is 18.7. The van der Waals surface area contributed by atoms with Gasteiger partial charge in [-0.1, -0.05) is 0 Å². The van der Waals surface area contributed by atoms with Crippen molar-refractivity contribution in [2.75, 3.05) is 33.4 Å². The van der Waals surface area contributed by atoms with Crippen LogP contribution in [0, 0.1) is 0 Å². The zero-order valence-electron chi connectivity index (χ0n) is 19.8. The van der Waals surface area contributed by atoms with Gasteiger partial charge >= 0.3 is 0 Å². The van der Waals surface area contributed by atoms with Gasteiger partial charge in [-0.15, -0.1) is 0 Å². The highest BCUT2D eigenvalue weighted by Gasteiger charge is 2.20. The molecule has 1 aliphatic rings. The first-order valence-electron chi connectivity index (χ1n) is 11.9. The average molecular weight is 475 g/mol. The van der Waals surface area contributed by atoms with E-state index in [0.717, 1.165) is 72.8 Å². The number of carbonyl (C=O) groups is 1. The van der Waals surface area contributed by atoms with Crippen molar-refractivity contribution in [2.24, 2.45) is 0 Å². The lowest BCUT2D eigenvalue weighted by atomic mass is 10.1. The second kappa shape index (κ2) is 10.7. The van der Waals surface area contributed by atoms with Crippen LogP contribution < -0.4 is 10.1 Å². The number of H-pyrrole nitrogens is 1. The van der Waals surface area contributed by atoms with Gasteiger partial charge in [-0.05, 0) is 60.9 Å². The highest BCUT2D eigenvalue weighted by molar-refractivity contribution is 5.77. The van der Waals surface area contributed by atoms with E-state index in [1.54, 1.807) is 6.20 Å². The number of hydrogen-bond donors (Lipinski definition) is 2. The molecule has 35 heavy (non-hydrogen) atoms. The minimum Gasteiger partial charge on any atom is -0.457 e. The lowest BCUT2D eigenvalue weighted by Gasteiger charge is -2.32. The number of aromatic nitrogens is 4. The Hall–Kier alpha value is -3.69. The number of nitrogens with zero attached hydrogens (tertiary/aromatic N) is 4. The number of piperidine rings is 1. The Bertz CT molecular complexity index is 1240. The summed E-state index contributed by atoms with van der Waals surface area (Å²) in [7, 11) is 1.54. The molecule has 2 aromatic carbocycles. The number of amides is 1. The highest BCUT2D eigenvalue weighted by Crippen LogP contribution is 2.27. The van der Waals surface area contributed by atoms with Gasteiger partial charge in [0.15, 0.2) is 0 Å². The van der Waals surface area contributed by atoms with Gasteiger partial charge in [0.25, 0.3) is 0 Å². The summed E-state index contributed by atoms with van der Waals surface area (Å²) in [6, 6.07) is 16.1. The van der Waals surface area contributed by atoms with Crippen LogP contribution in [0.5, 0.6) is 11.5 Å². The van der Waals surface area contributed by atoms with Crippen molar-refractivity contribution in [1.82, 2.24) is 30.0 Å². The summed E-state index contributed by atoms with van der Waals surface area (Å²) in [6.45, 7) is 3.89.